The summed E-state index contributed by atoms with van der Waals surface area (Å²) in [6, 6.07) is 0. The summed E-state index contributed by atoms with van der Waals surface area (Å²) in [4.78, 5) is 0. The van der Waals surface area contributed by atoms with Crippen LogP contribution in [0, 0.1) is 11.3 Å². The van der Waals surface area contributed by atoms with Gasteiger partial charge in [-0.3, -0.25) is 0 Å². The Morgan fingerprint density at radius 3 is 1.81 bits per heavy atom. The number of aliphatic hydroxyl groups is 14. The van der Waals surface area contributed by atoms with Gasteiger partial charge < -0.3 is 95.2 Å². The molecule has 2 aliphatic heterocycles. The van der Waals surface area contributed by atoms with Crippen LogP contribution in [-0.2, 0) is 23.7 Å². The molecule has 3 aliphatic rings. The predicted molar refractivity (Wildman–Crippen MR) is 156 cm³/mol. The van der Waals surface area contributed by atoms with Crippen LogP contribution in [0.3, 0.4) is 0 Å². The fourth-order valence-electron chi connectivity index (χ4n) is 6.12. The summed E-state index contributed by atoms with van der Waals surface area (Å²) < 4.78 is 27.9. The van der Waals surface area contributed by atoms with Crippen molar-refractivity contribution < 1.29 is 95.2 Å². The Morgan fingerprint density at radius 1 is 0.667 bits per heavy atom. The largest absolute Gasteiger partial charge is 0.396 e. The van der Waals surface area contributed by atoms with Crippen LogP contribution in [0.15, 0.2) is 0 Å². The molecule has 48 heavy (non-hydrogen) atoms. The van der Waals surface area contributed by atoms with Gasteiger partial charge in [-0.1, -0.05) is 20.8 Å². The molecule has 0 spiro atoms. The quantitative estimate of drug-likeness (QED) is 0.0798. The Bertz CT molecular complexity index is 952. The predicted octanol–water partition coefficient (Wildman–Crippen LogP) is -7.01. The Morgan fingerprint density at radius 2 is 1.25 bits per heavy atom. The zero-order valence-corrected chi connectivity index (χ0v) is 27.0. The molecular weight excluding hydrogens is 652 g/mol. The van der Waals surface area contributed by atoms with Crippen molar-refractivity contribution in [1.82, 2.24) is 0 Å². The van der Waals surface area contributed by atoms with Crippen molar-refractivity contribution in [3.05, 3.63) is 0 Å². The van der Waals surface area contributed by atoms with Gasteiger partial charge in [-0.15, -0.1) is 0 Å². The van der Waals surface area contributed by atoms with E-state index < -0.39 is 148 Å². The summed E-state index contributed by atoms with van der Waals surface area (Å²) in [5, 5.41) is 145. The molecule has 3 rings (SSSR count). The van der Waals surface area contributed by atoms with E-state index in [0.29, 0.717) is 0 Å². The van der Waals surface area contributed by atoms with Gasteiger partial charge >= 0.3 is 0 Å². The molecular formula is C29H54O19. The minimum Gasteiger partial charge on any atom is -0.396 e. The van der Waals surface area contributed by atoms with Gasteiger partial charge in [-0.2, -0.15) is 0 Å². The lowest BCUT2D eigenvalue weighted by Crippen LogP contribution is -2.65. The van der Waals surface area contributed by atoms with Gasteiger partial charge in [0.05, 0.1) is 38.1 Å². The SMILES string of the molecule is CC(C)(C)C[C@H](O)[C@@H](O)[C@H](O[C@H]1O[C@H](CO)C(O[C@H]2O[C@H](CO[C@H]3C[C@H](CO)[C@@H](O)[C@H](O)[C@H]3O)[C@@H](O)[C@H](O)[C@H]2O)[C@H](O)[C@H]1O)[C@H](O)CO. The van der Waals surface area contributed by atoms with E-state index in [1.807, 2.05) is 0 Å². The maximum absolute atomic E-state index is 11.0. The van der Waals surface area contributed by atoms with Crippen molar-refractivity contribution in [3.8, 4) is 0 Å². The van der Waals surface area contributed by atoms with Crippen molar-refractivity contribution in [3.63, 3.8) is 0 Å². The highest BCUT2D eigenvalue weighted by atomic mass is 16.7. The van der Waals surface area contributed by atoms with E-state index in [1.54, 1.807) is 20.8 Å². The molecule has 19 atom stereocenters. The second-order valence-corrected chi connectivity index (χ2v) is 14.0. The summed E-state index contributed by atoms with van der Waals surface area (Å²) in [7, 11) is 0. The normalized spacial score (nSPS) is 43.8. The monoisotopic (exact) mass is 706 g/mol. The smallest absolute Gasteiger partial charge is 0.187 e. The average Bonchev–Trinajstić information content (AvgIpc) is 3.04. The number of ether oxygens (including phenoxy) is 5. The second-order valence-electron chi connectivity index (χ2n) is 14.0. The van der Waals surface area contributed by atoms with E-state index in [0.717, 1.165) is 0 Å². The van der Waals surface area contributed by atoms with Crippen LogP contribution in [0.1, 0.15) is 33.6 Å². The summed E-state index contributed by atoms with van der Waals surface area (Å²) >= 11 is 0. The van der Waals surface area contributed by atoms with Crippen molar-refractivity contribution in [1.29, 1.82) is 0 Å². The fraction of sp³-hybridized carbons (Fsp3) is 1.00. The molecule has 3 fully saturated rings. The van der Waals surface area contributed by atoms with Crippen LogP contribution in [0.25, 0.3) is 0 Å². The minimum atomic E-state index is -2.01. The lowest BCUT2D eigenvalue weighted by atomic mass is 9.81. The Kier molecular flexibility index (Phi) is 15.3. The van der Waals surface area contributed by atoms with Gasteiger partial charge in [0.2, 0.25) is 0 Å². The molecule has 1 unspecified atom stereocenters. The first-order chi connectivity index (χ1) is 22.4. The molecule has 1 saturated carbocycles. The van der Waals surface area contributed by atoms with Crippen LogP contribution in [0.5, 0.6) is 0 Å². The molecule has 2 heterocycles. The van der Waals surface area contributed by atoms with Crippen molar-refractivity contribution in [2.24, 2.45) is 11.3 Å². The summed E-state index contributed by atoms with van der Waals surface area (Å²) in [6.45, 7) is 2.45. The molecule has 19 heteroatoms. The topological polar surface area (TPSA) is 329 Å². The molecule has 0 aromatic rings. The molecule has 0 aromatic heterocycles. The maximum Gasteiger partial charge on any atom is 0.187 e. The van der Waals surface area contributed by atoms with Gasteiger partial charge in [0.1, 0.15) is 79.4 Å². The number of hydrogen-bond acceptors (Lipinski definition) is 19. The third-order valence-electron chi connectivity index (χ3n) is 9.00. The third kappa shape index (κ3) is 9.76. The maximum atomic E-state index is 11.0. The van der Waals surface area contributed by atoms with Gasteiger partial charge in [-0.05, 0) is 18.3 Å². The number of hydrogen-bond donors (Lipinski definition) is 14. The van der Waals surface area contributed by atoms with Crippen molar-refractivity contribution in [2.75, 3.05) is 26.4 Å². The molecule has 19 nitrogen and oxygen atoms in total. The molecule has 0 amide bonds. The van der Waals surface area contributed by atoms with Crippen molar-refractivity contribution in [2.45, 2.75) is 144 Å². The first-order valence-electron chi connectivity index (χ1n) is 15.9. The van der Waals surface area contributed by atoms with E-state index in [-0.39, 0.29) is 12.8 Å². The molecule has 1 aliphatic carbocycles. The van der Waals surface area contributed by atoms with Crippen LogP contribution in [0.4, 0.5) is 0 Å². The summed E-state index contributed by atoms with van der Waals surface area (Å²) in [5.41, 5.74) is -0.467. The average molecular weight is 707 g/mol. The standard InChI is InChI=1S/C29H54O19/c1-29(2,3)5-11(33)17(36)25(12(34)7-31)47-28-24(43)22(41)26(14(8-32)45-28)48-27-23(42)21(40)19(38)15(46-27)9-44-13-4-10(6-30)16(35)20(39)18(13)37/h10-28,30-43H,4-9H2,1-3H3/t10-,11+,12-,13+,14-,15-,16-,17-,18+,19-,20+,21+,22-,23-,24-,25-,26?,27-,28-/m1/s1. The molecule has 2 saturated heterocycles. The van der Waals surface area contributed by atoms with E-state index in [2.05, 4.69) is 0 Å². The van der Waals surface area contributed by atoms with Crippen LogP contribution >= 0.6 is 0 Å². The van der Waals surface area contributed by atoms with E-state index in [4.69, 9.17) is 23.7 Å². The molecule has 14 N–H and O–H groups in total. The molecule has 0 radical (unpaired) electrons. The van der Waals surface area contributed by atoms with Crippen LogP contribution in [0.2, 0.25) is 0 Å². The van der Waals surface area contributed by atoms with Crippen LogP contribution in [-0.4, -0.2) is 208 Å². The van der Waals surface area contributed by atoms with E-state index in [9.17, 15) is 71.5 Å². The Balaban J connectivity index is 1.71. The van der Waals surface area contributed by atoms with E-state index >= 15 is 0 Å². The summed E-state index contributed by atoms with van der Waals surface area (Å²) in [6.07, 6.45) is -30.6. The molecule has 0 aromatic carbocycles. The Labute approximate surface area is 277 Å². The van der Waals surface area contributed by atoms with Gasteiger partial charge in [-0.25, -0.2) is 0 Å². The number of aliphatic hydroxyl groups excluding tert-OH is 14. The molecule has 0 bridgehead atoms. The van der Waals surface area contributed by atoms with Crippen LogP contribution < -0.4 is 0 Å². The minimum absolute atomic E-state index is 0.0455. The molecule has 284 valence electrons. The highest BCUT2D eigenvalue weighted by Gasteiger charge is 2.52. The van der Waals surface area contributed by atoms with Crippen molar-refractivity contribution >= 4 is 0 Å². The first kappa shape index (κ1) is 41.7. The van der Waals surface area contributed by atoms with Gasteiger partial charge in [0.25, 0.3) is 0 Å². The van der Waals surface area contributed by atoms with Gasteiger partial charge in [0, 0.05) is 12.5 Å². The number of rotatable bonds is 14. The Hall–Kier alpha value is -0.760. The zero-order chi connectivity index (χ0) is 36.2. The highest BCUT2D eigenvalue weighted by Crippen LogP contribution is 2.33. The fourth-order valence-corrected chi connectivity index (χ4v) is 6.12. The van der Waals surface area contributed by atoms with Gasteiger partial charge in [0.15, 0.2) is 12.6 Å². The second kappa shape index (κ2) is 17.6. The first-order valence-corrected chi connectivity index (χ1v) is 15.9. The highest BCUT2D eigenvalue weighted by molar-refractivity contribution is 4.97. The zero-order valence-electron chi connectivity index (χ0n) is 27.0. The summed E-state index contributed by atoms with van der Waals surface area (Å²) in [5.74, 6) is -0.837. The lowest BCUT2D eigenvalue weighted by molar-refractivity contribution is -0.369. The lowest BCUT2D eigenvalue weighted by Gasteiger charge is -2.47. The third-order valence-corrected chi connectivity index (χ3v) is 9.00. The van der Waals surface area contributed by atoms with E-state index in [1.165, 1.54) is 0 Å².